The van der Waals surface area contributed by atoms with E-state index in [9.17, 15) is 0 Å². The number of ether oxygens (including phenoxy) is 1. The Kier molecular flexibility index (Phi) is 4.81. The molecule has 0 amide bonds. The molecule has 0 radical (unpaired) electrons. The summed E-state index contributed by atoms with van der Waals surface area (Å²) in [6.45, 7) is 0. The molecule has 0 fully saturated rings. The third kappa shape index (κ3) is 3.28. The zero-order valence-electron chi connectivity index (χ0n) is 23.3. The lowest BCUT2D eigenvalue weighted by Gasteiger charge is -2.12. The summed E-state index contributed by atoms with van der Waals surface area (Å²) < 4.78 is 13.4. The molecule has 5 nitrogen and oxygen atoms in total. The molecular weight excluding hydrogens is 561 g/mol. The van der Waals surface area contributed by atoms with Crippen LogP contribution in [0.25, 0.3) is 75.0 Å². The molecule has 6 heteroatoms. The van der Waals surface area contributed by atoms with Crippen molar-refractivity contribution in [2.24, 2.45) is 0 Å². The van der Waals surface area contributed by atoms with Crippen LogP contribution in [-0.2, 0) is 0 Å². The van der Waals surface area contributed by atoms with Crippen molar-refractivity contribution in [1.29, 1.82) is 0 Å². The molecule has 0 saturated heterocycles. The van der Waals surface area contributed by atoms with E-state index in [0.717, 1.165) is 39.3 Å². The van der Waals surface area contributed by atoms with Crippen molar-refractivity contribution in [3.05, 3.63) is 134 Å². The Morgan fingerprint density at radius 1 is 0.523 bits per heavy atom. The monoisotopic (exact) mass is 582 g/mol. The Bertz CT molecular complexity index is 2750. The fraction of sp³-hybridized carbons (Fsp3) is 0. The highest BCUT2D eigenvalue weighted by Crippen LogP contribution is 2.43. The summed E-state index contributed by atoms with van der Waals surface area (Å²) in [7, 11) is 0. The van der Waals surface area contributed by atoms with Crippen LogP contribution in [0.3, 0.4) is 0 Å². The highest BCUT2D eigenvalue weighted by atomic mass is 32.1. The van der Waals surface area contributed by atoms with Crippen LogP contribution >= 0.6 is 11.3 Å². The number of aromatic nitrogens is 4. The lowest BCUT2D eigenvalue weighted by molar-refractivity contribution is 0.484. The minimum Gasteiger partial charge on any atom is -0.457 e. The van der Waals surface area contributed by atoms with Gasteiger partial charge in [0, 0.05) is 60.0 Å². The molecule has 0 aliphatic rings. The van der Waals surface area contributed by atoms with Gasteiger partial charge in [0.15, 0.2) is 0 Å². The van der Waals surface area contributed by atoms with Crippen LogP contribution in [0.1, 0.15) is 0 Å². The van der Waals surface area contributed by atoms with E-state index in [-0.39, 0.29) is 0 Å². The lowest BCUT2D eigenvalue weighted by Crippen LogP contribution is -1.97. The van der Waals surface area contributed by atoms with Crippen molar-refractivity contribution in [1.82, 2.24) is 19.2 Å². The van der Waals surface area contributed by atoms with E-state index in [1.807, 2.05) is 46.4 Å². The van der Waals surface area contributed by atoms with Crippen molar-refractivity contribution in [2.45, 2.75) is 0 Å². The van der Waals surface area contributed by atoms with Crippen LogP contribution in [0.5, 0.6) is 11.5 Å². The third-order valence-corrected chi connectivity index (χ3v) is 9.82. The number of fused-ring (bicyclic) bond motifs is 13. The lowest BCUT2D eigenvalue weighted by atomic mass is 10.0. The molecule has 5 aromatic heterocycles. The standard InChI is InChI=1S/C38H22N4OS/c1-2-8-26-25(7-1)27-14-12-24(22-33(27)42-31(26)18-20-40-42)43-23-13-15-28-29-16-17-35-37(30-9-3-4-10-34(30)44-35)38(29)41(32(28)21-23)36-11-5-6-19-39-36/h1-22H. The maximum absolute atomic E-state index is 6.59. The fourth-order valence-corrected chi connectivity index (χ4v) is 7.94. The van der Waals surface area contributed by atoms with Crippen molar-refractivity contribution >= 4 is 80.5 Å². The zero-order chi connectivity index (χ0) is 28.8. The topological polar surface area (TPSA) is 44.4 Å². The average Bonchev–Trinajstić information content (AvgIpc) is 3.79. The van der Waals surface area contributed by atoms with Gasteiger partial charge in [-0.2, -0.15) is 5.10 Å². The third-order valence-electron chi connectivity index (χ3n) is 8.69. The molecule has 0 spiro atoms. The van der Waals surface area contributed by atoms with Gasteiger partial charge in [-0.3, -0.25) is 4.57 Å². The first-order valence-corrected chi connectivity index (χ1v) is 15.4. The van der Waals surface area contributed by atoms with Gasteiger partial charge in [-0.15, -0.1) is 11.3 Å². The van der Waals surface area contributed by atoms with Crippen LogP contribution in [-0.4, -0.2) is 19.2 Å². The van der Waals surface area contributed by atoms with Gasteiger partial charge >= 0.3 is 0 Å². The molecule has 0 atom stereocenters. The maximum Gasteiger partial charge on any atom is 0.137 e. The van der Waals surface area contributed by atoms with Gasteiger partial charge in [-0.05, 0) is 60.0 Å². The van der Waals surface area contributed by atoms with Crippen molar-refractivity contribution in [3.63, 3.8) is 0 Å². The first-order valence-electron chi connectivity index (χ1n) is 14.6. The van der Waals surface area contributed by atoms with E-state index >= 15 is 0 Å². The fourth-order valence-electron chi connectivity index (χ4n) is 6.83. The molecule has 5 aromatic carbocycles. The second kappa shape index (κ2) is 8.89. The smallest absolute Gasteiger partial charge is 0.137 e. The van der Waals surface area contributed by atoms with Crippen LogP contribution in [0, 0.1) is 0 Å². The molecule has 5 heterocycles. The summed E-state index contributed by atoms with van der Waals surface area (Å²) in [5, 5.41) is 13.1. The normalized spacial score (nSPS) is 12.1. The summed E-state index contributed by atoms with van der Waals surface area (Å²) in [6, 6.07) is 42.4. The van der Waals surface area contributed by atoms with Gasteiger partial charge in [0.25, 0.3) is 0 Å². The summed E-state index contributed by atoms with van der Waals surface area (Å²) >= 11 is 1.83. The Balaban J connectivity index is 1.20. The van der Waals surface area contributed by atoms with E-state index in [0.29, 0.717) is 0 Å². The van der Waals surface area contributed by atoms with Gasteiger partial charge < -0.3 is 4.74 Å². The number of pyridine rings is 2. The number of benzene rings is 5. The molecule has 44 heavy (non-hydrogen) atoms. The number of hydrogen-bond acceptors (Lipinski definition) is 4. The molecule has 206 valence electrons. The van der Waals surface area contributed by atoms with Crippen molar-refractivity contribution < 1.29 is 4.74 Å². The SMILES string of the molecule is c1ccc(-n2c3cc(Oc4ccc5c6ccccc6c6ccnn6c5c4)ccc3c3ccc4sc5ccccc5c4c32)nc1. The average molecular weight is 583 g/mol. The van der Waals surface area contributed by atoms with Crippen molar-refractivity contribution in [2.75, 3.05) is 0 Å². The minimum absolute atomic E-state index is 0.760. The first kappa shape index (κ1) is 23.8. The van der Waals surface area contributed by atoms with Gasteiger partial charge in [0.1, 0.15) is 17.3 Å². The van der Waals surface area contributed by atoms with Gasteiger partial charge in [-0.25, -0.2) is 9.50 Å². The minimum atomic E-state index is 0.760. The first-order chi connectivity index (χ1) is 21.8. The van der Waals surface area contributed by atoms with Gasteiger partial charge in [0.2, 0.25) is 0 Å². The van der Waals surface area contributed by atoms with Crippen LogP contribution in [0.2, 0.25) is 0 Å². The molecule has 10 rings (SSSR count). The zero-order valence-corrected chi connectivity index (χ0v) is 24.1. The summed E-state index contributed by atoms with van der Waals surface area (Å²) in [5.41, 5.74) is 4.32. The van der Waals surface area contributed by atoms with E-state index in [4.69, 9.17) is 9.72 Å². The Hall–Kier alpha value is -5.72. The Morgan fingerprint density at radius 3 is 2.07 bits per heavy atom. The van der Waals surface area contributed by atoms with Crippen molar-refractivity contribution in [3.8, 4) is 17.3 Å². The van der Waals surface area contributed by atoms with Crippen LogP contribution in [0.4, 0.5) is 0 Å². The molecule has 0 N–H and O–H groups in total. The molecular formula is C38H22N4OS. The van der Waals surface area contributed by atoms with Gasteiger partial charge in [0.05, 0.1) is 28.3 Å². The number of thiophene rings is 1. The van der Waals surface area contributed by atoms with E-state index in [2.05, 4.69) is 113 Å². The molecule has 10 aromatic rings. The Morgan fingerprint density at radius 2 is 1.23 bits per heavy atom. The summed E-state index contributed by atoms with van der Waals surface area (Å²) in [6.07, 6.45) is 3.71. The van der Waals surface area contributed by atoms with E-state index in [1.54, 1.807) is 0 Å². The maximum atomic E-state index is 6.59. The molecule has 0 unspecified atom stereocenters. The van der Waals surface area contributed by atoms with Gasteiger partial charge in [-0.1, -0.05) is 54.6 Å². The summed E-state index contributed by atoms with van der Waals surface area (Å²) in [4.78, 5) is 4.81. The predicted molar refractivity (Wildman–Crippen MR) is 182 cm³/mol. The van der Waals surface area contributed by atoms with E-state index < -0.39 is 0 Å². The molecule has 0 aliphatic carbocycles. The Labute approximate surface area is 254 Å². The van der Waals surface area contributed by atoms with Crippen LogP contribution < -0.4 is 4.74 Å². The quantitative estimate of drug-likeness (QED) is 0.195. The molecule has 0 saturated carbocycles. The molecule has 0 aliphatic heterocycles. The number of hydrogen-bond donors (Lipinski definition) is 0. The van der Waals surface area contributed by atoms with Crippen LogP contribution in [0.15, 0.2) is 134 Å². The molecule has 0 bridgehead atoms. The second-order valence-electron chi connectivity index (χ2n) is 11.1. The second-order valence-corrected chi connectivity index (χ2v) is 12.2. The number of rotatable bonds is 3. The number of nitrogens with zero attached hydrogens (tertiary/aromatic N) is 4. The highest BCUT2D eigenvalue weighted by Gasteiger charge is 2.19. The largest absolute Gasteiger partial charge is 0.457 e. The summed E-state index contributed by atoms with van der Waals surface area (Å²) in [5.74, 6) is 2.41. The van der Waals surface area contributed by atoms with E-state index in [1.165, 1.54) is 47.2 Å². The highest BCUT2D eigenvalue weighted by molar-refractivity contribution is 7.26. The predicted octanol–water partition coefficient (Wildman–Crippen LogP) is 10.3.